The molecule has 88 valence electrons. The molecule has 1 aromatic carbocycles. The second kappa shape index (κ2) is 5.66. The fourth-order valence-electron chi connectivity index (χ4n) is 1.52. The quantitative estimate of drug-likeness (QED) is 0.713. The van der Waals surface area contributed by atoms with Crippen molar-refractivity contribution in [2.75, 3.05) is 27.7 Å². The predicted molar refractivity (Wildman–Crippen MR) is 65.2 cm³/mol. The number of benzene rings is 1. The Labute approximate surface area is 97.0 Å². The van der Waals surface area contributed by atoms with Gasteiger partial charge in [0.15, 0.2) is 5.78 Å². The first kappa shape index (κ1) is 12.7. The molecular weight excluding hydrogens is 202 g/mol. The lowest BCUT2D eigenvalue weighted by atomic mass is 10.0. The highest BCUT2D eigenvalue weighted by atomic mass is 16.5. The molecule has 0 N–H and O–H groups in total. The fourth-order valence-corrected chi connectivity index (χ4v) is 1.52. The van der Waals surface area contributed by atoms with E-state index in [4.69, 9.17) is 4.74 Å². The van der Waals surface area contributed by atoms with Crippen LogP contribution < -0.4 is 4.74 Å². The first-order chi connectivity index (χ1) is 7.54. The third-order valence-electron chi connectivity index (χ3n) is 2.50. The van der Waals surface area contributed by atoms with Crippen LogP contribution in [-0.2, 0) is 0 Å². The minimum atomic E-state index is 0.180. The van der Waals surface area contributed by atoms with E-state index in [-0.39, 0.29) is 5.78 Å². The Morgan fingerprint density at radius 3 is 2.56 bits per heavy atom. The number of rotatable bonds is 5. The van der Waals surface area contributed by atoms with Gasteiger partial charge in [-0.25, -0.2) is 0 Å². The van der Waals surface area contributed by atoms with E-state index in [1.165, 1.54) is 0 Å². The second-order valence-electron chi connectivity index (χ2n) is 4.16. The number of nitrogens with zero attached hydrogens (tertiary/aromatic N) is 1. The molecule has 0 saturated carbocycles. The van der Waals surface area contributed by atoms with E-state index in [1.807, 2.05) is 44.1 Å². The molecule has 0 aliphatic carbocycles. The number of Topliss-reactive ketones (excluding diaryl/α,β-unsaturated/α-hetero) is 1. The van der Waals surface area contributed by atoms with Gasteiger partial charge in [0.2, 0.25) is 0 Å². The summed E-state index contributed by atoms with van der Waals surface area (Å²) in [5.41, 5.74) is 1.76. The molecule has 3 nitrogen and oxygen atoms in total. The molecule has 0 aromatic heterocycles. The van der Waals surface area contributed by atoms with Crippen LogP contribution in [0.4, 0.5) is 0 Å². The topological polar surface area (TPSA) is 29.5 Å². The number of ether oxygens (including phenoxy) is 1. The summed E-state index contributed by atoms with van der Waals surface area (Å²) in [7, 11) is 5.56. The highest BCUT2D eigenvalue weighted by molar-refractivity contribution is 5.96. The van der Waals surface area contributed by atoms with Crippen molar-refractivity contribution >= 4 is 5.78 Å². The van der Waals surface area contributed by atoms with Crippen molar-refractivity contribution in [2.24, 2.45) is 0 Å². The van der Waals surface area contributed by atoms with E-state index >= 15 is 0 Å². The van der Waals surface area contributed by atoms with Crippen LogP contribution in [0.5, 0.6) is 5.75 Å². The first-order valence-electron chi connectivity index (χ1n) is 5.37. The van der Waals surface area contributed by atoms with Gasteiger partial charge in [0, 0.05) is 18.5 Å². The maximum absolute atomic E-state index is 11.8. The number of ketones is 1. The number of hydrogen-bond donors (Lipinski definition) is 0. The largest absolute Gasteiger partial charge is 0.496 e. The molecule has 0 aliphatic heterocycles. The maximum atomic E-state index is 11.8. The van der Waals surface area contributed by atoms with E-state index in [1.54, 1.807) is 7.11 Å². The average Bonchev–Trinajstić information content (AvgIpc) is 2.25. The van der Waals surface area contributed by atoms with Crippen LogP contribution >= 0.6 is 0 Å². The van der Waals surface area contributed by atoms with Crippen molar-refractivity contribution in [3.8, 4) is 5.75 Å². The summed E-state index contributed by atoms with van der Waals surface area (Å²) in [6, 6.07) is 5.55. The van der Waals surface area contributed by atoms with E-state index in [0.29, 0.717) is 6.42 Å². The minimum Gasteiger partial charge on any atom is -0.496 e. The van der Waals surface area contributed by atoms with Crippen LogP contribution in [0.2, 0.25) is 0 Å². The zero-order chi connectivity index (χ0) is 12.1. The lowest BCUT2D eigenvalue weighted by Crippen LogP contribution is -2.16. The van der Waals surface area contributed by atoms with Crippen LogP contribution in [0, 0.1) is 6.92 Å². The van der Waals surface area contributed by atoms with Crippen molar-refractivity contribution in [3.63, 3.8) is 0 Å². The summed E-state index contributed by atoms with van der Waals surface area (Å²) < 4.78 is 5.16. The van der Waals surface area contributed by atoms with E-state index in [9.17, 15) is 4.79 Å². The van der Waals surface area contributed by atoms with Gasteiger partial charge in [0.1, 0.15) is 5.75 Å². The molecule has 0 spiro atoms. The van der Waals surface area contributed by atoms with Crippen LogP contribution in [0.15, 0.2) is 18.2 Å². The molecule has 0 heterocycles. The summed E-state index contributed by atoms with van der Waals surface area (Å²) in [5, 5.41) is 0. The first-order valence-corrected chi connectivity index (χ1v) is 5.37. The van der Waals surface area contributed by atoms with E-state index in [0.717, 1.165) is 23.4 Å². The monoisotopic (exact) mass is 221 g/mol. The lowest BCUT2D eigenvalue weighted by Gasteiger charge is -2.09. The van der Waals surface area contributed by atoms with Crippen molar-refractivity contribution in [2.45, 2.75) is 13.3 Å². The third kappa shape index (κ3) is 3.35. The maximum Gasteiger partial charge on any atom is 0.164 e. The van der Waals surface area contributed by atoms with Gasteiger partial charge in [-0.05, 0) is 44.8 Å². The molecule has 3 heteroatoms. The Morgan fingerprint density at radius 2 is 2.06 bits per heavy atom. The summed E-state index contributed by atoms with van der Waals surface area (Å²) in [4.78, 5) is 13.8. The number of methoxy groups -OCH3 is 1. The summed E-state index contributed by atoms with van der Waals surface area (Å²) in [6.45, 7) is 2.73. The summed E-state index contributed by atoms with van der Waals surface area (Å²) in [5.74, 6) is 1.00. The molecular formula is C13H19NO2. The van der Waals surface area contributed by atoms with Crippen molar-refractivity contribution < 1.29 is 9.53 Å². The molecule has 0 bridgehead atoms. The van der Waals surface area contributed by atoms with E-state index < -0.39 is 0 Å². The fraction of sp³-hybridized carbons (Fsp3) is 0.462. The van der Waals surface area contributed by atoms with Crippen molar-refractivity contribution in [1.82, 2.24) is 4.90 Å². The van der Waals surface area contributed by atoms with Gasteiger partial charge in [-0.1, -0.05) is 0 Å². The molecule has 0 aliphatic rings. The third-order valence-corrected chi connectivity index (χ3v) is 2.50. The smallest absolute Gasteiger partial charge is 0.164 e. The van der Waals surface area contributed by atoms with Gasteiger partial charge in [-0.3, -0.25) is 4.79 Å². The SMILES string of the molecule is COc1ccc(C(=O)CCN(C)C)cc1C. The Balaban J connectivity index is 2.73. The van der Waals surface area contributed by atoms with Gasteiger partial charge in [-0.15, -0.1) is 0 Å². The summed E-state index contributed by atoms with van der Waals surface area (Å²) >= 11 is 0. The van der Waals surface area contributed by atoms with Crippen molar-refractivity contribution in [1.29, 1.82) is 0 Å². The molecule has 0 atom stereocenters. The highest BCUT2D eigenvalue weighted by Gasteiger charge is 2.08. The Hall–Kier alpha value is -1.35. The van der Waals surface area contributed by atoms with Crippen LogP contribution in [-0.4, -0.2) is 38.4 Å². The summed E-state index contributed by atoms with van der Waals surface area (Å²) in [6.07, 6.45) is 0.554. The number of carbonyl (C=O) groups is 1. The van der Waals surface area contributed by atoms with E-state index in [2.05, 4.69) is 0 Å². The zero-order valence-corrected chi connectivity index (χ0v) is 10.4. The molecule has 0 amide bonds. The van der Waals surface area contributed by atoms with Gasteiger partial charge in [0.25, 0.3) is 0 Å². The van der Waals surface area contributed by atoms with Crippen molar-refractivity contribution in [3.05, 3.63) is 29.3 Å². The predicted octanol–water partition coefficient (Wildman–Crippen LogP) is 2.14. The Morgan fingerprint density at radius 1 is 1.38 bits per heavy atom. The van der Waals surface area contributed by atoms with Crippen LogP contribution in [0.3, 0.4) is 0 Å². The normalized spacial score (nSPS) is 10.6. The average molecular weight is 221 g/mol. The van der Waals surface area contributed by atoms with Crippen LogP contribution in [0.25, 0.3) is 0 Å². The zero-order valence-electron chi connectivity index (χ0n) is 10.4. The number of carbonyl (C=O) groups excluding carboxylic acids is 1. The number of aryl methyl sites for hydroxylation is 1. The number of hydrogen-bond acceptors (Lipinski definition) is 3. The highest BCUT2D eigenvalue weighted by Crippen LogP contribution is 2.19. The standard InChI is InChI=1S/C13H19NO2/c1-10-9-11(5-6-13(10)16-4)12(15)7-8-14(2)3/h5-6,9H,7-8H2,1-4H3. The lowest BCUT2D eigenvalue weighted by molar-refractivity contribution is 0.0972. The van der Waals surface area contributed by atoms with Gasteiger partial charge < -0.3 is 9.64 Å². The Kier molecular flexibility index (Phi) is 4.50. The van der Waals surface area contributed by atoms with Crippen LogP contribution in [0.1, 0.15) is 22.3 Å². The molecule has 0 saturated heterocycles. The molecule has 1 rings (SSSR count). The molecule has 16 heavy (non-hydrogen) atoms. The second-order valence-corrected chi connectivity index (χ2v) is 4.16. The van der Waals surface area contributed by atoms with Gasteiger partial charge in [0.05, 0.1) is 7.11 Å². The Bertz CT molecular complexity index is 372. The molecule has 0 fully saturated rings. The minimum absolute atomic E-state index is 0.180. The van der Waals surface area contributed by atoms with Gasteiger partial charge in [-0.2, -0.15) is 0 Å². The molecule has 1 aromatic rings. The molecule has 0 radical (unpaired) electrons. The van der Waals surface area contributed by atoms with Gasteiger partial charge >= 0.3 is 0 Å². The molecule has 0 unspecified atom stereocenters.